The summed E-state index contributed by atoms with van der Waals surface area (Å²) in [6, 6.07) is 0. The van der Waals surface area contributed by atoms with Gasteiger partial charge in [-0.15, -0.1) is 0 Å². The first-order valence-corrected chi connectivity index (χ1v) is 5.14. The van der Waals surface area contributed by atoms with Gasteiger partial charge in [0.1, 0.15) is 0 Å². The third-order valence-corrected chi connectivity index (χ3v) is 3.12. The minimum atomic E-state index is 0.750. The van der Waals surface area contributed by atoms with Gasteiger partial charge >= 0.3 is 0 Å². The highest BCUT2D eigenvalue weighted by atomic mass is 33.1. The summed E-state index contributed by atoms with van der Waals surface area (Å²) in [4.78, 5) is 16.7. The van der Waals surface area contributed by atoms with Gasteiger partial charge in [-0.25, -0.2) is 20.4 Å². The van der Waals surface area contributed by atoms with Crippen molar-refractivity contribution in [2.45, 2.75) is 6.42 Å². The minimum absolute atomic E-state index is 0.750. The molecule has 0 unspecified atom stereocenters. The quantitative estimate of drug-likeness (QED) is 0.347. The predicted molar refractivity (Wildman–Crippen MR) is 46.4 cm³/mol. The first kappa shape index (κ1) is 13.1. The molecule has 0 aromatic heterocycles. The summed E-state index contributed by atoms with van der Waals surface area (Å²) in [5, 5.41) is 10.8. The molecule has 0 aromatic rings. The molecular weight excluding hydrogens is 184 g/mol. The van der Waals surface area contributed by atoms with Crippen LogP contribution in [0, 0.1) is 10.8 Å². The zero-order chi connectivity index (χ0) is 8.95. The smallest absolute Gasteiger partial charge is 0.222 e. The van der Waals surface area contributed by atoms with Gasteiger partial charge in [0.2, 0.25) is 12.2 Å². The highest BCUT2D eigenvalue weighted by Gasteiger charge is 1.96. The molecule has 6 heteroatoms. The van der Waals surface area contributed by atoms with Crippen molar-refractivity contribution in [3.05, 3.63) is 0 Å². The van der Waals surface area contributed by atoms with Crippen molar-refractivity contribution in [2.75, 3.05) is 11.5 Å². The summed E-state index contributed by atoms with van der Waals surface area (Å²) in [5.41, 5.74) is 0. The second kappa shape index (κ2) is 16.2. The SMILES string of the molecule is C1CSSC1.N=C=O.N=C=O. The van der Waals surface area contributed by atoms with Crippen molar-refractivity contribution in [3.8, 4) is 0 Å². The molecule has 0 atom stereocenters. The lowest BCUT2D eigenvalue weighted by Gasteiger charge is -1.69. The van der Waals surface area contributed by atoms with Crippen molar-refractivity contribution in [3.63, 3.8) is 0 Å². The third kappa shape index (κ3) is 26.5. The maximum Gasteiger partial charge on any atom is 0.231 e. The van der Waals surface area contributed by atoms with E-state index in [0.717, 1.165) is 12.2 Å². The normalized spacial score (nSPS) is 12.4. The lowest BCUT2D eigenvalue weighted by atomic mass is 10.6. The summed E-state index contributed by atoms with van der Waals surface area (Å²) < 4.78 is 0. The molecule has 1 fully saturated rings. The molecule has 1 saturated heterocycles. The minimum Gasteiger partial charge on any atom is -0.222 e. The Morgan fingerprint density at radius 1 is 1.00 bits per heavy atom. The van der Waals surface area contributed by atoms with Gasteiger partial charge in [0, 0.05) is 11.5 Å². The van der Waals surface area contributed by atoms with E-state index in [0.29, 0.717) is 0 Å². The Labute approximate surface area is 72.5 Å². The lowest BCUT2D eigenvalue weighted by Crippen LogP contribution is -1.63. The van der Waals surface area contributed by atoms with Crippen molar-refractivity contribution >= 4 is 33.7 Å². The van der Waals surface area contributed by atoms with Crippen LogP contribution in [0.1, 0.15) is 6.42 Å². The number of rotatable bonds is 0. The van der Waals surface area contributed by atoms with Crippen LogP contribution in [0.2, 0.25) is 0 Å². The molecule has 1 rings (SSSR count). The number of hydrogen-bond donors (Lipinski definition) is 2. The van der Waals surface area contributed by atoms with Gasteiger partial charge < -0.3 is 0 Å². The zero-order valence-corrected chi connectivity index (χ0v) is 7.39. The van der Waals surface area contributed by atoms with Gasteiger partial charge in [0.05, 0.1) is 0 Å². The van der Waals surface area contributed by atoms with Crippen molar-refractivity contribution < 1.29 is 9.59 Å². The molecule has 62 valence electrons. The average molecular weight is 192 g/mol. The lowest BCUT2D eigenvalue weighted by molar-refractivity contribution is 0.562. The number of nitrogens with one attached hydrogen (secondary N) is 2. The Balaban J connectivity index is 0. The Bertz CT molecular complexity index is 116. The van der Waals surface area contributed by atoms with Crippen LogP contribution in [0.25, 0.3) is 0 Å². The Kier molecular flexibility index (Phi) is 19.3. The third-order valence-electron chi connectivity index (χ3n) is 0.539. The largest absolute Gasteiger partial charge is 0.231 e. The predicted octanol–water partition coefficient (Wildman–Crippen LogP) is 1.57. The molecule has 0 radical (unpaired) electrons. The van der Waals surface area contributed by atoms with E-state index in [1.54, 1.807) is 0 Å². The average Bonchev–Trinajstić information content (AvgIpc) is 2.44. The molecule has 0 bridgehead atoms. The molecule has 0 aromatic carbocycles. The zero-order valence-electron chi connectivity index (χ0n) is 5.75. The van der Waals surface area contributed by atoms with Crippen LogP contribution in [0.5, 0.6) is 0 Å². The summed E-state index contributed by atoms with van der Waals surface area (Å²) in [6.07, 6.45) is 2.93. The fraction of sp³-hybridized carbons (Fsp3) is 0.600. The number of isocyanates is 2. The molecule has 11 heavy (non-hydrogen) atoms. The van der Waals surface area contributed by atoms with Gasteiger partial charge in [-0.2, -0.15) is 0 Å². The second-order valence-corrected chi connectivity index (χ2v) is 3.90. The number of hydrogen-bond acceptors (Lipinski definition) is 6. The van der Waals surface area contributed by atoms with Crippen molar-refractivity contribution in [2.24, 2.45) is 0 Å². The van der Waals surface area contributed by atoms with Crippen LogP contribution in [-0.2, 0) is 9.59 Å². The van der Waals surface area contributed by atoms with E-state index in [1.165, 1.54) is 17.9 Å². The van der Waals surface area contributed by atoms with E-state index in [4.69, 9.17) is 20.4 Å². The molecular formula is C5H8N2O2S2. The topological polar surface area (TPSA) is 81.8 Å². The maximum absolute atomic E-state index is 8.35. The standard InChI is InChI=1S/C3H6S2.2CHNO/c1-2-4-5-3-1;2*2-1-3/h1-3H2;2*2H. The van der Waals surface area contributed by atoms with E-state index >= 15 is 0 Å². The fourth-order valence-corrected chi connectivity index (χ4v) is 2.65. The Hall–Kier alpha value is -0.540. The van der Waals surface area contributed by atoms with Gasteiger partial charge in [-0.3, -0.25) is 0 Å². The highest BCUT2D eigenvalue weighted by Crippen LogP contribution is 2.29. The van der Waals surface area contributed by atoms with Crippen LogP contribution in [-0.4, -0.2) is 23.7 Å². The van der Waals surface area contributed by atoms with E-state index in [9.17, 15) is 0 Å². The van der Waals surface area contributed by atoms with Gasteiger partial charge in [0.15, 0.2) is 0 Å². The van der Waals surface area contributed by atoms with Crippen molar-refractivity contribution in [1.29, 1.82) is 10.8 Å². The molecule has 0 aliphatic carbocycles. The summed E-state index contributed by atoms with van der Waals surface area (Å²) >= 11 is 0. The first-order chi connectivity index (χ1) is 5.33. The van der Waals surface area contributed by atoms with Crippen molar-refractivity contribution in [1.82, 2.24) is 0 Å². The van der Waals surface area contributed by atoms with Crippen LogP contribution >= 0.6 is 21.6 Å². The van der Waals surface area contributed by atoms with Crippen LogP contribution in [0.3, 0.4) is 0 Å². The van der Waals surface area contributed by atoms with E-state index in [2.05, 4.69) is 0 Å². The summed E-state index contributed by atoms with van der Waals surface area (Å²) in [7, 11) is 3.98. The number of carbonyl (C=O) groups excluding carboxylic acids is 2. The molecule has 0 spiro atoms. The molecule has 4 nitrogen and oxygen atoms in total. The second-order valence-electron chi connectivity index (χ2n) is 1.20. The highest BCUT2D eigenvalue weighted by molar-refractivity contribution is 8.77. The van der Waals surface area contributed by atoms with Gasteiger partial charge in [-0.1, -0.05) is 21.6 Å². The Morgan fingerprint density at radius 2 is 1.27 bits per heavy atom. The summed E-state index contributed by atoms with van der Waals surface area (Å²) in [5.74, 6) is 2.76. The van der Waals surface area contributed by atoms with E-state index in [1.807, 2.05) is 21.6 Å². The first-order valence-electron chi connectivity index (χ1n) is 2.65. The van der Waals surface area contributed by atoms with Gasteiger partial charge in [-0.05, 0) is 6.42 Å². The maximum atomic E-state index is 8.35. The summed E-state index contributed by atoms with van der Waals surface area (Å²) in [6.45, 7) is 0. The molecule has 1 aliphatic heterocycles. The molecule has 1 aliphatic rings. The van der Waals surface area contributed by atoms with Gasteiger partial charge in [0.25, 0.3) is 0 Å². The Morgan fingerprint density at radius 3 is 1.36 bits per heavy atom. The van der Waals surface area contributed by atoms with Crippen LogP contribution in [0.4, 0.5) is 0 Å². The van der Waals surface area contributed by atoms with Crippen LogP contribution < -0.4 is 0 Å². The molecule has 0 amide bonds. The fourth-order valence-electron chi connectivity index (χ4n) is 0.295. The van der Waals surface area contributed by atoms with E-state index < -0.39 is 0 Å². The molecule has 0 saturated carbocycles. The monoisotopic (exact) mass is 192 g/mol. The van der Waals surface area contributed by atoms with Crippen LogP contribution in [0.15, 0.2) is 0 Å². The molecule has 2 N–H and O–H groups in total. The van der Waals surface area contributed by atoms with E-state index in [-0.39, 0.29) is 0 Å². The molecule has 1 heterocycles.